The number of furan rings is 1. The van der Waals surface area contributed by atoms with E-state index in [1.807, 2.05) is 36.4 Å². The van der Waals surface area contributed by atoms with E-state index in [2.05, 4.69) is 10.5 Å². The number of amides is 1. The first-order chi connectivity index (χ1) is 13.6. The molecule has 4 rings (SSSR count). The molecule has 4 nitrogen and oxygen atoms in total. The number of hydrogen-bond donors (Lipinski definition) is 1. The third-order valence-electron chi connectivity index (χ3n) is 4.19. The molecule has 0 aliphatic heterocycles. The topological polar surface area (TPSA) is 54.6 Å². The van der Waals surface area contributed by atoms with Crippen molar-refractivity contribution in [2.24, 2.45) is 5.10 Å². The Hall–Kier alpha value is -3.08. The number of rotatable bonds is 4. The molecular weight excluding hydrogens is 395 g/mol. The van der Waals surface area contributed by atoms with Gasteiger partial charge in [0.15, 0.2) is 0 Å². The van der Waals surface area contributed by atoms with Crippen LogP contribution in [0.1, 0.15) is 16.1 Å². The van der Waals surface area contributed by atoms with E-state index in [9.17, 15) is 4.79 Å². The van der Waals surface area contributed by atoms with Crippen LogP contribution >= 0.6 is 23.2 Å². The highest BCUT2D eigenvalue weighted by Crippen LogP contribution is 2.31. The number of benzene rings is 3. The van der Waals surface area contributed by atoms with Crippen LogP contribution in [0.3, 0.4) is 0 Å². The molecule has 6 heteroatoms. The van der Waals surface area contributed by atoms with E-state index in [1.54, 1.807) is 36.4 Å². The number of carbonyl (C=O) groups excluding carboxylic acids is 1. The fraction of sp³-hybridized carbons (Fsp3) is 0. The van der Waals surface area contributed by atoms with Crippen LogP contribution < -0.4 is 5.43 Å². The monoisotopic (exact) mass is 408 g/mol. The van der Waals surface area contributed by atoms with Crippen molar-refractivity contribution in [2.45, 2.75) is 0 Å². The summed E-state index contributed by atoms with van der Waals surface area (Å²) in [6.45, 7) is 0. The van der Waals surface area contributed by atoms with Gasteiger partial charge in [0.1, 0.15) is 11.5 Å². The molecule has 3 aromatic carbocycles. The third-order valence-corrected chi connectivity index (χ3v) is 4.74. The summed E-state index contributed by atoms with van der Waals surface area (Å²) in [7, 11) is 0. The summed E-state index contributed by atoms with van der Waals surface area (Å²) < 4.78 is 5.71. The van der Waals surface area contributed by atoms with Crippen LogP contribution in [0.25, 0.3) is 22.1 Å². The average molecular weight is 409 g/mol. The largest absolute Gasteiger partial charge is 0.455 e. The van der Waals surface area contributed by atoms with Crippen molar-refractivity contribution in [1.29, 1.82) is 0 Å². The standard InChI is InChI=1S/C22H14Cl2N2O2/c23-17-7-9-19(20(24)12-17)21-10-8-18(28-21)13-25-26-22(27)16-6-5-14-3-1-2-4-15(14)11-16/h1-13H,(H,26,27)/b25-13-. The Morgan fingerprint density at radius 3 is 2.57 bits per heavy atom. The number of nitrogens with zero attached hydrogens (tertiary/aromatic N) is 1. The number of hydrazone groups is 1. The van der Waals surface area contributed by atoms with E-state index in [0.29, 0.717) is 27.1 Å². The lowest BCUT2D eigenvalue weighted by Gasteiger charge is -2.02. The van der Waals surface area contributed by atoms with Gasteiger partial charge in [-0.1, -0.05) is 53.5 Å². The normalized spacial score (nSPS) is 11.2. The highest BCUT2D eigenvalue weighted by atomic mass is 35.5. The third kappa shape index (κ3) is 3.93. The molecule has 0 aliphatic rings. The number of halogens is 2. The molecule has 1 aromatic heterocycles. The molecule has 0 radical (unpaired) electrons. The minimum absolute atomic E-state index is 0.297. The van der Waals surface area contributed by atoms with Gasteiger partial charge in [-0.05, 0) is 53.2 Å². The lowest BCUT2D eigenvalue weighted by atomic mass is 10.1. The van der Waals surface area contributed by atoms with Crippen LogP contribution in [0.5, 0.6) is 0 Å². The van der Waals surface area contributed by atoms with Crippen LogP contribution in [0.4, 0.5) is 0 Å². The number of nitrogens with one attached hydrogen (secondary N) is 1. The molecule has 0 fully saturated rings. The van der Waals surface area contributed by atoms with Gasteiger partial charge in [0.05, 0.1) is 11.2 Å². The quantitative estimate of drug-likeness (QED) is 0.324. The Bertz CT molecular complexity index is 1200. The first-order valence-electron chi connectivity index (χ1n) is 8.47. The fourth-order valence-corrected chi connectivity index (χ4v) is 3.31. The van der Waals surface area contributed by atoms with Crippen LogP contribution in [-0.4, -0.2) is 12.1 Å². The molecular formula is C22H14Cl2N2O2. The molecule has 0 saturated carbocycles. The first-order valence-corrected chi connectivity index (χ1v) is 9.23. The predicted molar refractivity (Wildman–Crippen MR) is 113 cm³/mol. The van der Waals surface area contributed by atoms with Crippen molar-refractivity contribution < 1.29 is 9.21 Å². The first kappa shape index (κ1) is 18.3. The van der Waals surface area contributed by atoms with Crippen molar-refractivity contribution in [2.75, 3.05) is 0 Å². The van der Waals surface area contributed by atoms with Crippen LogP contribution in [0.2, 0.25) is 10.0 Å². The van der Waals surface area contributed by atoms with E-state index in [4.69, 9.17) is 27.6 Å². The molecule has 28 heavy (non-hydrogen) atoms. The van der Waals surface area contributed by atoms with Crippen molar-refractivity contribution in [1.82, 2.24) is 5.43 Å². The molecule has 0 unspecified atom stereocenters. The van der Waals surface area contributed by atoms with Gasteiger partial charge in [-0.25, -0.2) is 5.43 Å². The maximum absolute atomic E-state index is 12.3. The van der Waals surface area contributed by atoms with Crippen LogP contribution in [0, 0.1) is 0 Å². The van der Waals surface area contributed by atoms with E-state index < -0.39 is 0 Å². The van der Waals surface area contributed by atoms with Gasteiger partial charge >= 0.3 is 0 Å². The Morgan fingerprint density at radius 2 is 1.75 bits per heavy atom. The van der Waals surface area contributed by atoms with Gasteiger partial charge in [0.2, 0.25) is 0 Å². The SMILES string of the molecule is O=C(N/N=C\c1ccc(-c2ccc(Cl)cc2Cl)o1)c1ccc2ccccc2c1. The lowest BCUT2D eigenvalue weighted by Crippen LogP contribution is -2.17. The van der Waals surface area contributed by atoms with Gasteiger partial charge in [-0.2, -0.15) is 5.10 Å². The molecule has 1 N–H and O–H groups in total. The molecule has 4 aromatic rings. The molecule has 0 atom stereocenters. The second-order valence-corrected chi connectivity index (χ2v) is 6.93. The van der Waals surface area contributed by atoms with E-state index >= 15 is 0 Å². The minimum Gasteiger partial charge on any atom is -0.455 e. The average Bonchev–Trinajstić information content (AvgIpc) is 3.16. The molecule has 0 saturated heterocycles. The molecule has 138 valence electrons. The summed E-state index contributed by atoms with van der Waals surface area (Å²) in [4.78, 5) is 12.3. The van der Waals surface area contributed by atoms with Crippen molar-refractivity contribution in [3.63, 3.8) is 0 Å². The number of carbonyl (C=O) groups is 1. The second kappa shape index (κ2) is 7.89. The minimum atomic E-state index is -0.297. The van der Waals surface area contributed by atoms with Gasteiger partial charge in [0.25, 0.3) is 5.91 Å². The predicted octanol–water partition coefficient (Wildman–Crippen LogP) is 6.17. The Labute approximate surface area is 171 Å². The summed E-state index contributed by atoms with van der Waals surface area (Å²) in [5, 5.41) is 7.09. The highest BCUT2D eigenvalue weighted by molar-refractivity contribution is 6.36. The Balaban J connectivity index is 1.46. The molecule has 0 bridgehead atoms. The smallest absolute Gasteiger partial charge is 0.271 e. The lowest BCUT2D eigenvalue weighted by molar-refractivity contribution is 0.0955. The maximum Gasteiger partial charge on any atom is 0.271 e. The molecule has 0 aliphatic carbocycles. The van der Waals surface area contributed by atoms with Gasteiger partial charge in [-0.15, -0.1) is 0 Å². The van der Waals surface area contributed by atoms with Crippen molar-refractivity contribution >= 4 is 46.1 Å². The van der Waals surface area contributed by atoms with E-state index in [0.717, 1.165) is 16.3 Å². The zero-order chi connectivity index (χ0) is 19.5. The zero-order valence-electron chi connectivity index (χ0n) is 14.5. The van der Waals surface area contributed by atoms with E-state index in [-0.39, 0.29) is 5.91 Å². The van der Waals surface area contributed by atoms with Gasteiger partial charge < -0.3 is 4.42 Å². The van der Waals surface area contributed by atoms with Gasteiger partial charge in [-0.3, -0.25) is 4.79 Å². The van der Waals surface area contributed by atoms with Crippen molar-refractivity contribution in [3.8, 4) is 11.3 Å². The highest BCUT2D eigenvalue weighted by Gasteiger charge is 2.09. The summed E-state index contributed by atoms with van der Waals surface area (Å²) >= 11 is 12.1. The van der Waals surface area contributed by atoms with Crippen LogP contribution in [-0.2, 0) is 0 Å². The molecule has 1 heterocycles. The van der Waals surface area contributed by atoms with Crippen molar-refractivity contribution in [3.05, 3.63) is 94.2 Å². The second-order valence-electron chi connectivity index (χ2n) is 6.09. The summed E-state index contributed by atoms with van der Waals surface area (Å²) in [5.41, 5.74) is 3.77. The number of fused-ring (bicyclic) bond motifs is 1. The van der Waals surface area contributed by atoms with Gasteiger partial charge in [0, 0.05) is 16.1 Å². The summed E-state index contributed by atoms with van der Waals surface area (Å²) in [5.74, 6) is 0.776. The maximum atomic E-state index is 12.3. The number of hydrogen-bond acceptors (Lipinski definition) is 3. The Morgan fingerprint density at radius 1 is 0.929 bits per heavy atom. The molecule has 1 amide bonds. The fourth-order valence-electron chi connectivity index (χ4n) is 2.81. The van der Waals surface area contributed by atoms with Crippen LogP contribution in [0.15, 0.2) is 82.3 Å². The zero-order valence-corrected chi connectivity index (χ0v) is 16.0. The summed E-state index contributed by atoms with van der Waals surface area (Å²) in [6.07, 6.45) is 1.44. The summed E-state index contributed by atoms with van der Waals surface area (Å²) in [6, 6.07) is 22.0. The van der Waals surface area contributed by atoms with E-state index in [1.165, 1.54) is 6.21 Å². The Kier molecular flexibility index (Phi) is 5.15. The molecule has 0 spiro atoms.